The maximum atomic E-state index is 12.4. The van der Waals surface area contributed by atoms with E-state index < -0.39 is 0 Å². The summed E-state index contributed by atoms with van der Waals surface area (Å²) in [6, 6.07) is 13.7. The summed E-state index contributed by atoms with van der Waals surface area (Å²) < 4.78 is 0.812. The van der Waals surface area contributed by atoms with Crippen LogP contribution in [-0.4, -0.2) is 11.2 Å². The number of pyridine rings is 2. The van der Waals surface area contributed by atoms with Crippen LogP contribution in [0.3, 0.4) is 0 Å². The molecule has 0 spiro atoms. The molecule has 23 heavy (non-hydrogen) atoms. The number of rotatable bonds is 3. The Morgan fingerprint density at radius 1 is 1.09 bits per heavy atom. The summed E-state index contributed by atoms with van der Waals surface area (Å²) in [5, 5.41) is 12.9. The van der Waals surface area contributed by atoms with Gasteiger partial charge < -0.3 is 5.21 Å². The third kappa shape index (κ3) is 3.33. The molecular formula is C18H15ClN2OS. The molecule has 0 saturated carbocycles. The van der Waals surface area contributed by atoms with Crippen molar-refractivity contribution in [3.63, 3.8) is 0 Å². The summed E-state index contributed by atoms with van der Waals surface area (Å²) in [6.07, 6.45) is 5.12. The SMILES string of the molecule is CSc1ccc(-c2cc(Cl)c[n+]([O-])c2-c2ccc(C)nc2)cc1. The summed E-state index contributed by atoms with van der Waals surface area (Å²) >= 11 is 7.78. The van der Waals surface area contributed by atoms with E-state index >= 15 is 0 Å². The van der Waals surface area contributed by atoms with Gasteiger partial charge in [-0.1, -0.05) is 23.7 Å². The summed E-state index contributed by atoms with van der Waals surface area (Å²) in [5.74, 6) is 0. The Labute approximate surface area is 144 Å². The molecule has 2 aromatic heterocycles. The third-order valence-corrected chi connectivity index (χ3v) is 4.53. The minimum absolute atomic E-state index is 0.410. The van der Waals surface area contributed by atoms with Gasteiger partial charge in [-0.15, -0.1) is 11.8 Å². The van der Waals surface area contributed by atoms with Crippen LogP contribution in [0, 0.1) is 12.1 Å². The molecule has 0 N–H and O–H groups in total. The van der Waals surface area contributed by atoms with Crippen molar-refractivity contribution < 1.29 is 4.73 Å². The van der Waals surface area contributed by atoms with E-state index in [1.807, 2.05) is 55.6 Å². The first kappa shape index (κ1) is 15.8. The van der Waals surface area contributed by atoms with E-state index in [0.717, 1.165) is 27.1 Å². The van der Waals surface area contributed by atoms with Crippen LogP contribution in [0.25, 0.3) is 22.4 Å². The molecule has 0 atom stereocenters. The number of hydrogen-bond acceptors (Lipinski definition) is 3. The highest BCUT2D eigenvalue weighted by molar-refractivity contribution is 7.98. The Bertz CT molecular complexity index is 833. The first-order chi connectivity index (χ1) is 11.1. The quantitative estimate of drug-likeness (QED) is 0.392. The Balaban J connectivity index is 2.20. The molecule has 2 heterocycles. The van der Waals surface area contributed by atoms with Crippen LogP contribution in [0.2, 0.25) is 5.02 Å². The average molecular weight is 343 g/mol. The molecule has 116 valence electrons. The predicted octanol–water partition coefficient (Wildman–Crippen LogP) is 4.73. The molecule has 0 radical (unpaired) electrons. The largest absolute Gasteiger partial charge is 0.618 e. The van der Waals surface area contributed by atoms with Crippen LogP contribution in [0.5, 0.6) is 0 Å². The van der Waals surface area contributed by atoms with Crippen LogP contribution >= 0.6 is 23.4 Å². The van der Waals surface area contributed by atoms with Crippen molar-refractivity contribution >= 4 is 23.4 Å². The fourth-order valence-electron chi connectivity index (χ4n) is 2.42. The smallest absolute Gasteiger partial charge is 0.233 e. The van der Waals surface area contributed by atoms with E-state index in [0.29, 0.717) is 10.7 Å². The van der Waals surface area contributed by atoms with Gasteiger partial charge in [0.05, 0.1) is 11.1 Å². The van der Waals surface area contributed by atoms with Gasteiger partial charge in [0.2, 0.25) is 5.69 Å². The first-order valence-corrected chi connectivity index (χ1v) is 8.69. The average Bonchev–Trinajstić information content (AvgIpc) is 2.55. The number of aromatic nitrogens is 2. The second-order valence-electron chi connectivity index (χ2n) is 5.16. The molecule has 0 aliphatic rings. The zero-order valence-corrected chi connectivity index (χ0v) is 14.4. The summed E-state index contributed by atoms with van der Waals surface area (Å²) in [4.78, 5) is 5.46. The maximum Gasteiger partial charge on any atom is 0.233 e. The van der Waals surface area contributed by atoms with Gasteiger partial charge in [0, 0.05) is 16.8 Å². The van der Waals surface area contributed by atoms with Gasteiger partial charge in [-0.2, -0.15) is 4.73 Å². The van der Waals surface area contributed by atoms with Gasteiger partial charge >= 0.3 is 0 Å². The van der Waals surface area contributed by atoms with Gasteiger partial charge in [0.25, 0.3) is 0 Å². The molecule has 0 amide bonds. The molecule has 0 fully saturated rings. The Morgan fingerprint density at radius 3 is 2.39 bits per heavy atom. The van der Waals surface area contributed by atoms with Crippen molar-refractivity contribution in [2.75, 3.05) is 6.26 Å². The number of aryl methyl sites for hydroxylation is 1. The van der Waals surface area contributed by atoms with Gasteiger partial charge in [-0.05, 0) is 49.1 Å². The van der Waals surface area contributed by atoms with E-state index in [-0.39, 0.29) is 0 Å². The molecule has 3 rings (SSSR count). The highest BCUT2D eigenvalue weighted by atomic mass is 35.5. The van der Waals surface area contributed by atoms with Crippen molar-refractivity contribution in [3.05, 3.63) is 70.8 Å². The Hall–Kier alpha value is -2.04. The van der Waals surface area contributed by atoms with Gasteiger partial charge in [0.1, 0.15) is 5.02 Å². The van der Waals surface area contributed by atoms with Gasteiger partial charge in [0.15, 0.2) is 6.20 Å². The summed E-state index contributed by atoms with van der Waals surface area (Å²) in [6.45, 7) is 1.92. The molecule has 0 saturated heterocycles. The molecular weight excluding hydrogens is 328 g/mol. The van der Waals surface area contributed by atoms with Gasteiger partial charge in [-0.3, -0.25) is 4.98 Å². The molecule has 0 aliphatic carbocycles. The second-order valence-corrected chi connectivity index (χ2v) is 6.48. The molecule has 3 aromatic rings. The lowest BCUT2D eigenvalue weighted by Crippen LogP contribution is -2.29. The number of nitrogens with zero attached hydrogens (tertiary/aromatic N) is 2. The van der Waals surface area contributed by atoms with E-state index in [1.165, 1.54) is 11.1 Å². The summed E-state index contributed by atoms with van der Waals surface area (Å²) in [5.41, 5.74) is 3.98. The number of hydrogen-bond donors (Lipinski definition) is 0. The van der Waals surface area contributed by atoms with Crippen molar-refractivity contribution in [2.45, 2.75) is 11.8 Å². The van der Waals surface area contributed by atoms with Crippen molar-refractivity contribution in [2.24, 2.45) is 0 Å². The van der Waals surface area contributed by atoms with Crippen LogP contribution in [0.15, 0.2) is 59.8 Å². The van der Waals surface area contributed by atoms with Crippen LogP contribution < -0.4 is 4.73 Å². The minimum atomic E-state index is 0.410. The van der Waals surface area contributed by atoms with E-state index in [1.54, 1.807) is 18.0 Å². The minimum Gasteiger partial charge on any atom is -0.618 e. The lowest BCUT2D eigenvalue weighted by Gasteiger charge is -2.11. The highest BCUT2D eigenvalue weighted by Gasteiger charge is 2.18. The fourth-order valence-corrected chi connectivity index (χ4v) is 3.03. The molecule has 0 aliphatic heterocycles. The molecule has 0 unspecified atom stereocenters. The molecule has 1 aromatic carbocycles. The van der Waals surface area contributed by atoms with Crippen molar-refractivity contribution in [1.29, 1.82) is 0 Å². The standard InChI is InChI=1S/C18H15ClN2OS/c1-12-3-4-14(10-20-12)18-17(9-15(19)11-21(18)22)13-5-7-16(23-2)8-6-13/h3-11H,1-2H3. The van der Waals surface area contributed by atoms with E-state index in [4.69, 9.17) is 11.6 Å². The fraction of sp³-hybridized carbons (Fsp3) is 0.111. The second kappa shape index (κ2) is 6.60. The van der Waals surface area contributed by atoms with Crippen molar-refractivity contribution in [3.8, 4) is 22.4 Å². The predicted molar refractivity (Wildman–Crippen MR) is 95.6 cm³/mol. The zero-order valence-electron chi connectivity index (χ0n) is 12.8. The normalized spacial score (nSPS) is 10.7. The highest BCUT2D eigenvalue weighted by Crippen LogP contribution is 2.32. The zero-order chi connectivity index (χ0) is 16.4. The lowest BCUT2D eigenvalue weighted by atomic mass is 10.00. The first-order valence-electron chi connectivity index (χ1n) is 7.08. The van der Waals surface area contributed by atoms with Crippen LogP contribution in [-0.2, 0) is 0 Å². The number of benzene rings is 1. The van der Waals surface area contributed by atoms with Crippen LogP contribution in [0.1, 0.15) is 5.69 Å². The Kier molecular flexibility index (Phi) is 4.55. The van der Waals surface area contributed by atoms with E-state index in [2.05, 4.69) is 4.98 Å². The third-order valence-electron chi connectivity index (χ3n) is 3.58. The molecule has 3 nitrogen and oxygen atoms in total. The van der Waals surface area contributed by atoms with Crippen molar-refractivity contribution in [1.82, 2.24) is 4.98 Å². The lowest BCUT2D eigenvalue weighted by molar-refractivity contribution is -0.593. The Morgan fingerprint density at radius 2 is 1.78 bits per heavy atom. The summed E-state index contributed by atoms with van der Waals surface area (Å²) in [7, 11) is 0. The number of halogens is 1. The molecule has 0 bridgehead atoms. The van der Waals surface area contributed by atoms with Gasteiger partial charge in [-0.25, -0.2) is 0 Å². The maximum absolute atomic E-state index is 12.4. The monoisotopic (exact) mass is 342 g/mol. The van der Waals surface area contributed by atoms with Crippen LogP contribution in [0.4, 0.5) is 0 Å². The molecule has 5 heteroatoms. The number of thioether (sulfide) groups is 1. The van der Waals surface area contributed by atoms with E-state index in [9.17, 15) is 5.21 Å². The topological polar surface area (TPSA) is 39.8 Å².